The number of aromatic hydroxyl groups is 1. The Labute approximate surface area is 103 Å². The summed E-state index contributed by atoms with van der Waals surface area (Å²) in [6.07, 6.45) is 11.5. The van der Waals surface area contributed by atoms with E-state index in [4.69, 9.17) is 9.84 Å². The van der Waals surface area contributed by atoms with Gasteiger partial charge in [0.25, 0.3) is 0 Å². The molecular formula is C13H24O4. The molecule has 1 rings (SSSR count). The lowest BCUT2D eigenvalue weighted by Crippen LogP contribution is -1.98. The van der Waals surface area contributed by atoms with Gasteiger partial charge in [-0.3, -0.25) is 0 Å². The highest BCUT2D eigenvalue weighted by atomic mass is 17.0. The quantitative estimate of drug-likeness (QED) is 0.460. The molecule has 0 fully saturated rings. The Kier molecular flexibility index (Phi) is 7.43. The Morgan fingerprint density at radius 3 is 1.94 bits per heavy atom. The topological polar surface area (TPSA) is 55.7 Å². The van der Waals surface area contributed by atoms with Crippen molar-refractivity contribution in [1.82, 2.24) is 0 Å². The lowest BCUT2D eigenvalue weighted by atomic mass is 10.1. The van der Waals surface area contributed by atoms with E-state index in [1.165, 1.54) is 51.4 Å². The standard InChI is InChI=1S/C13H24O4/c1-2-3-4-5-6-7-8-9-10-11-15-13-12(14)16-17-13/h14H,2-11H2,1H3. The molecule has 0 aliphatic heterocycles. The minimum Gasteiger partial charge on any atom is -0.473 e. The van der Waals surface area contributed by atoms with E-state index in [-0.39, 0.29) is 11.9 Å². The van der Waals surface area contributed by atoms with Crippen molar-refractivity contribution in [1.29, 1.82) is 0 Å². The van der Waals surface area contributed by atoms with Crippen molar-refractivity contribution in [2.75, 3.05) is 6.61 Å². The zero-order chi connectivity index (χ0) is 12.3. The Morgan fingerprint density at radius 2 is 1.47 bits per heavy atom. The summed E-state index contributed by atoms with van der Waals surface area (Å²) in [5.41, 5.74) is 0. The normalized spacial score (nSPS) is 10.9. The van der Waals surface area contributed by atoms with Crippen LogP contribution in [-0.2, 0) is 0 Å². The first-order valence-corrected chi connectivity index (χ1v) is 6.75. The molecular weight excluding hydrogens is 220 g/mol. The maximum atomic E-state index is 8.86. The molecule has 0 aliphatic carbocycles. The zero-order valence-corrected chi connectivity index (χ0v) is 10.7. The van der Waals surface area contributed by atoms with Gasteiger partial charge in [0.2, 0.25) is 0 Å². The van der Waals surface area contributed by atoms with E-state index in [9.17, 15) is 0 Å². The fraction of sp³-hybridized carbons (Fsp3) is 0.846. The first-order chi connectivity index (χ1) is 8.34. The van der Waals surface area contributed by atoms with Crippen LogP contribution < -0.4 is 4.74 Å². The van der Waals surface area contributed by atoms with Gasteiger partial charge >= 0.3 is 11.9 Å². The monoisotopic (exact) mass is 244 g/mol. The minimum atomic E-state index is -0.249. The molecule has 1 N–H and O–H groups in total. The van der Waals surface area contributed by atoms with Crippen molar-refractivity contribution in [3.05, 3.63) is 0 Å². The Hall–Kier alpha value is -1.06. The van der Waals surface area contributed by atoms with Gasteiger partial charge in [0.05, 0.1) is 6.61 Å². The van der Waals surface area contributed by atoms with E-state index in [0.29, 0.717) is 6.61 Å². The predicted molar refractivity (Wildman–Crippen MR) is 65.4 cm³/mol. The second kappa shape index (κ2) is 9.02. The third kappa shape index (κ3) is 6.29. The lowest BCUT2D eigenvalue weighted by molar-refractivity contribution is -0.0761. The van der Waals surface area contributed by atoms with Crippen LogP contribution in [0.4, 0.5) is 0 Å². The maximum Gasteiger partial charge on any atom is 0.417 e. The van der Waals surface area contributed by atoms with E-state index in [1.807, 2.05) is 0 Å². The molecule has 1 heterocycles. The molecule has 0 saturated heterocycles. The van der Waals surface area contributed by atoms with Gasteiger partial charge in [0.15, 0.2) is 0 Å². The molecule has 0 saturated carbocycles. The van der Waals surface area contributed by atoms with Crippen LogP contribution in [0.1, 0.15) is 64.7 Å². The first kappa shape index (κ1) is 14.0. The van der Waals surface area contributed by atoms with Crippen LogP contribution in [0.2, 0.25) is 0 Å². The summed E-state index contributed by atoms with van der Waals surface area (Å²) < 4.78 is 13.8. The molecule has 1 aromatic heterocycles. The molecule has 0 bridgehead atoms. The van der Waals surface area contributed by atoms with Crippen LogP contribution in [0.15, 0.2) is 9.15 Å². The number of rotatable bonds is 11. The van der Waals surface area contributed by atoms with Gasteiger partial charge in [-0.2, -0.15) is 0 Å². The number of hydrogen-bond donors (Lipinski definition) is 1. The molecule has 0 aromatic carbocycles. The summed E-state index contributed by atoms with van der Waals surface area (Å²) in [4.78, 5) is 0. The number of hydrogen-bond acceptors (Lipinski definition) is 4. The lowest BCUT2D eigenvalue weighted by Gasteiger charge is -2.05. The van der Waals surface area contributed by atoms with Gasteiger partial charge in [-0.1, -0.05) is 58.3 Å². The summed E-state index contributed by atoms with van der Waals surface area (Å²) in [6.45, 7) is 2.82. The van der Waals surface area contributed by atoms with Gasteiger partial charge in [-0.05, 0) is 6.42 Å². The van der Waals surface area contributed by atoms with Gasteiger partial charge in [0.1, 0.15) is 0 Å². The van der Waals surface area contributed by atoms with Gasteiger partial charge in [-0.15, -0.1) is 0 Å². The SMILES string of the molecule is CCCCCCCCCCCOc1ooc1O. The number of unbranched alkanes of at least 4 members (excludes halogenated alkanes) is 8. The summed E-state index contributed by atoms with van der Waals surface area (Å²) in [5, 5.41) is 8.86. The molecule has 17 heavy (non-hydrogen) atoms. The third-order valence-corrected chi connectivity index (χ3v) is 2.85. The molecule has 0 amide bonds. The highest BCUT2D eigenvalue weighted by Gasteiger charge is 2.13. The van der Waals surface area contributed by atoms with Crippen LogP contribution >= 0.6 is 0 Å². The molecule has 0 spiro atoms. The second-order valence-corrected chi connectivity index (χ2v) is 4.44. The molecule has 1 aromatic rings. The summed E-state index contributed by atoms with van der Waals surface area (Å²) >= 11 is 0. The van der Waals surface area contributed by atoms with Crippen LogP contribution in [0.25, 0.3) is 0 Å². The van der Waals surface area contributed by atoms with Crippen molar-refractivity contribution in [2.45, 2.75) is 64.7 Å². The summed E-state index contributed by atoms with van der Waals surface area (Å²) in [7, 11) is 0. The third-order valence-electron chi connectivity index (χ3n) is 2.85. The van der Waals surface area contributed by atoms with E-state index >= 15 is 0 Å². The van der Waals surface area contributed by atoms with Crippen molar-refractivity contribution >= 4 is 0 Å². The number of ether oxygens (including phenoxy) is 1. The minimum absolute atomic E-state index is 0.115. The van der Waals surface area contributed by atoms with Crippen molar-refractivity contribution in [3.8, 4) is 11.9 Å². The Balaban J connectivity index is 1.75. The highest BCUT2D eigenvalue weighted by Crippen LogP contribution is 2.30. The molecule has 0 radical (unpaired) electrons. The average molecular weight is 244 g/mol. The molecule has 0 unspecified atom stereocenters. The summed E-state index contributed by atoms with van der Waals surface area (Å²) in [6, 6.07) is 0. The van der Waals surface area contributed by atoms with Crippen LogP contribution in [-0.4, -0.2) is 11.7 Å². The van der Waals surface area contributed by atoms with Crippen LogP contribution in [0.3, 0.4) is 0 Å². The van der Waals surface area contributed by atoms with E-state index < -0.39 is 0 Å². The highest BCUT2D eigenvalue weighted by molar-refractivity contribution is 5.14. The Bertz CT molecular complexity index is 264. The molecule has 4 nitrogen and oxygen atoms in total. The average Bonchev–Trinajstić information content (AvgIpc) is 2.34. The summed E-state index contributed by atoms with van der Waals surface area (Å²) in [5.74, 6) is -0.134. The van der Waals surface area contributed by atoms with E-state index in [1.54, 1.807) is 0 Å². The smallest absolute Gasteiger partial charge is 0.417 e. The van der Waals surface area contributed by atoms with E-state index in [2.05, 4.69) is 16.1 Å². The van der Waals surface area contributed by atoms with Gasteiger partial charge in [0, 0.05) is 0 Å². The first-order valence-electron chi connectivity index (χ1n) is 6.75. The van der Waals surface area contributed by atoms with E-state index in [0.717, 1.165) is 6.42 Å². The van der Waals surface area contributed by atoms with Gasteiger partial charge < -0.3 is 9.84 Å². The predicted octanol–water partition coefficient (Wildman–Crippen LogP) is 4.49. The largest absolute Gasteiger partial charge is 0.473 e. The van der Waals surface area contributed by atoms with Crippen LogP contribution in [0.5, 0.6) is 11.9 Å². The second-order valence-electron chi connectivity index (χ2n) is 4.44. The fourth-order valence-corrected chi connectivity index (χ4v) is 1.78. The fourth-order valence-electron chi connectivity index (χ4n) is 1.78. The van der Waals surface area contributed by atoms with Crippen LogP contribution in [0, 0.1) is 0 Å². The van der Waals surface area contributed by atoms with Crippen molar-refractivity contribution < 1.29 is 19.0 Å². The molecule has 0 aliphatic rings. The van der Waals surface area contributed by atoms with Gasteiger partial charge in [-0.25, -0.2) is 9.15 Å². The van der Waals surface area contributed by atoms with Crippen molar-refractivity contribution in [2.24, 2.45) is 0 Å². The molecule has 4 heteroatoms. The molecule has 0 atom stereocenters. The Morgan fingerprint density at radius 1 is 0.882 bits per heavy atom. The van der Waals surface area contributed by atoms with Crippen molar-refractivity contribution in [3.63, 3.8) is 0 Å². The zero-order valence-electron chi connectivity index (χ0n) is 10.7. The molecule has 100 valence electrons. The maximum absolute atomic E-state index is 8.86.